The molecule has 1 aromatic carbocycles. The highest BCUT2D eigenvalue weighted by Gasteiger charge is 2.54. The fourth-order valence-electron chi connectivity index (χ4n) is 4.12. The summed E-state index contributed by atoms with van der Waals surface area (Å²) < 4.78 is 1.59. The first kappa shape index (κ1) is 32.0. The number of amides is 3. The molecule has 2 N–H and O–H groups in total. The van der Waals surface area contributed by atoms with Crippen LogP contribution in [0.25, 0.3) is 0 Å². The SMILES string of the molecule is CN(CC(=O)[O-])C(=O)C[n+]1ccc(SCC2=C(C(=O)O)N3C(=O)[C@@H](NC(=O)CSc4cc(Cl)ccc4Cl)[C@H]3SC2)cc1. The number of carbonyl (C=O) groups is 5. The van der Waals surface area contributed by atoms with Crippen LogP contribution < -0.4 is 15.0 Å². The molecule has 2 aromatic rings. The summed E-state index contributed by atoms with van der Waals surface area (Å²) in [6, 6.07) is 7.60. The molecule has 0 unspecified atom stereocenters. The lowest BCUT2D eigenvalue weighted by atomic mass is 10.0. The summed E-state index contributed by atoms with van der Waals surface area (Å²) in [5, 5.41) is 23.7. The molecule has 3 heterocycles. The summed E-state index contributed by atoms with van der Waals surface area (Å²) in [5.41, 5.74) is 0.503. The van der Waals surface area contributed by atoms with Gasteiger partial charge in [0.2, 0.25) is 12.5 Å². The topological polar surface area (TPSA) is 151 Å². The Hall–Kier alpha value is -2.91. The molecule has 0 aliphatic carbocycles. The van der Waals surface area contributed by atoms with Crippen LogP contribution in [0, 0.1) is 0 Å². The van der Waals surface area contributed by atoms with Gasteiger partial charge in [-0.1, -0.05) is 23.2 Å². The maximum Gasteiger partial charge on any atom is 0.352 e. The summed E-state index contributed by atoms with van der Waals surface area (Å²) in [6.07, 6.45) is 3.33. The number of nitrogens with one attached hydrogen (secondary N) is 1. The van der Waals surface area contributed by atoms with E-state index in [9.17, 15) is 34.2 Å². The van der Waals surface area contributed by atoms with E-state index in [1.165, 1.54) is 47.2 Å². The highest BCUT2D eigenvalue weighted by atomic mass is 35.5. The number of aliphatic carboxylic acids is 2. The van der Waals surface area contributed by atoms with Crippen molar-refractivity contribution in [3.8, 4) is 0 Å². The van der Waals surface area contributed by atoms with E-state index in [1.54, 1.807) is 47.3 Å². The molecule has 0 radical (unpaired) electrons. The van der Waals surface area contributed by atoms with Gasteiger partial charge in [-0.2, -0.15) is 4.57 Å². The third-order valence-corrected chi connectivity index (χ3v) is 10.4. The fraction of sp³-hybridized carbons (Fsp3) is 0.308. The van der Waals surface area contributed by atoms with Crippen molar-refractivity contribution in [2.75, 3.05) is 30.9 Å². The van der Waals surface area contributed by atoms with Crippen molar-refractivity contribution >= 4 is 88.1 Å². The van der Waals surface area contributed by atoms with Crippen LogP contribution in [0.1, 0.15) is 0 Å². The van der Waals surface area contributed by atoms with Crippen LogP contribution in [0.15, 0.2) is 63.8 Å². The second-order valence-electron chi connectivity index (χ2n) is 9.19. The van der Waals surface area contributed by atoms with Crippen LogP contribution in [0.4, 0.5) is 0 Å². The zero-order valence-electron chi connectivity index (χ0n) is 22.0. The van der Waals surface area contributed by atoms with E-state index >= 15 is 0 Å². The molecule has 2 atom stereocenters. The molecule has 1 saturated heterocycles. The first-order valence-corrected chi connectivity index (χ1v) is 16.0. The number of carboxylic acid groups (broad SMARTS) is 2. The normalized spacial score (nSPS) is 17.8. The van der Waals surface area contributed by atoms with Crippen molar-refractivity contribution in [2.24, 2.45) is 0 Å². The van der Waals surface area contributed by atoms with Crippen molar-refractivity contribution < 1.29 is 38.8 Å². The molecule has 0 bridgehead atoms. The quantitative estimate of drug-likeness (QED) is 0.191. The van der Waals surface area contributed by atoms with Crippen LogP contribution in [-0.2, 0) is 30.5 Å². The van der Waals surface area contributed by atoms with Crippen molar-refractivity contribution in [1.82, 2.24) is 15.1 Å². The van der Waals surface area contributed by atoms with E-state index in [4.69, 9.17) is 23.2 Å². The highest BCUT2D eigenvalue weighted by Crippen LogP contribution is 2.41. The number of thioether (sulfide) groups is 3. The number of hydrogen-bond donors (Lipinski definition) is 2. The fourth-order valence-corrected chi connectivity index (χ4v) is 7.79. The van der Waals surface area contributed by atoms with Gasteiger partial charge in [0, 0.05) is 45.5 Å². The Kier molecular flexibility index (Phi) is 10.7. The largest absolute Gasteiger partial charge is 0.548 e. The predicted octanol–water partition coefficient (Wildman–Crippen LogP) is 1.11. The van der Waals surface area contributed by atoms with Gasteiger partial charge in [-0.3, -0.25) is 19.3 Å². The van der Waals surface area contributed by atoms with E-state index in [2.05, 4.69) is 5.32 Å². The van der Waals surface area contributed by atoms with Crippen molar-refractivity contribution in [3.05, 3.63) is 64.0 Å². The molecule has 2 aliphatic heterocycles. The number of carbonyl (C=O) groups excluding carboxylic acids is 4. The van der Waals surface area contributed by atoms with Crippen molar-refractivity contribution in [1.29, 1.82) is 0 Å². The summed E-state index contributed by atoms with van der Waals surface area (Å²) in [4.78, 5) is 64.2. The molecular weight excluding hydrogens is 647 g/mol. The van der Waals surface area contributed by atoms with Crippen molar-refractivity contribution in [3.63, 3.8) is 0 Å². The molecule has 0 spiro atoms. The molecular formula is C26H24Cl2N4O7S3. The number of aromatic nitrogens is 1. The van der Waals surface area contributed by atoms with Gasteiger partial charge in [-0.25, -0.2) is 4.79 Å². The number of carboxylic acids is 2. The molecule has 4 rings (SSSR count). The predicted molar refractivity (Wildman–Crippen MR) is 157 cm³/mol. The lowest BCUT2D eigenvalue weighted by Crippen LogP contribution is -2.70. The third-order valence-electron chi connectivity index (χ3n) is 6.20. The maximum atomic E-state index is 13.0. The second-order valence-corrected chi connectivity index (χ2v) is 13.2. The average Bonchev–Trinajstić information content (AvgIpc) is 2.94. The Morgan fingerprint density at radius 2 is 1.90 bits per heavy atom. The zero-order chi connectivity index (χ0) is 30.6. The molecule has 16 heteroatoms. The lowest BCUT2D eigenvalue weighted by molar-refractivity contribution is -0.685. The summed E-state index contributed by atoms with van der Waals surface area (Å²) in [7, 11) is 1.38. The Morgan fingerprint density at radius 3 is 2.57 bits per heavy atom. The van der Waals surface area contributed by atoms with Gasteiger partial charge in [0.25, 0.3) is 11.8 Å². The van der Waals surface area contributed by atoms with Gasteiger partial charge in [-0.15, -0.1) is 35.3 Å². The molecule has 42 heavy (non-hydrogen) atoms. The van der Waals surface area contributed by atoms with Crippen LogP contribution in [0.2, 0.25) is 10.0 Å². The van der Waals surface area contributed by atoms with Crippen LogP contribution in [0.3, 0.4) is 0 Å². The van der Waals surface area contributed by atoms with E-state index in [1.807, 2.05) is 0 Å². The van der Waals surface area contributed by atoms with Crippen LogP contribution in [-0.4, -0.2) is 86.8 Å². The summed E-state index contributed by atoms with van der Waals surface area (Å²) in [6.45, 7) is -0.554. The Bertz CT molecular complexity index is 1460. The molecule has 11 nitrogen and oxygen atoms in total. The molecule has 2 aliphatic rings. The number of β-lactam (4-membered cyclic amide) rings is 1. The Morgan fingerprint density at radius 1 is 1.19 bits per heavy atom. The van der Waals surface area contributed by atoms with E-state index in [0.29, 0.717) is 32.0 Å². The number of halogens is 2. The number of fused-ring (bicyclic) bond motifs is 1. The van der Waals surface area contributed by atoms with Gasteiger partial charge in [0.1, 0.15) is 17.1 Å². The first-order chi connectivity index (χ1) is 19.9. The Labute approximate surface area is 263 Å². The minimum absolute atomic E-state index is 0.00645. The van der Waals surface area contributed by atoms with Crippen LogP contribution in [0.5, 0.6) is 0 Å². The standard InChI is InChI=1S/C26H24Cl2N4O7S3/c1-30(10-21(35)36)20(34)9-31-6-4-16(5-7-31)40-11-14-12-42-25-22(24(37)32(25)23(14)26(38)39)29-19(33)13-41-18-8-15(27)2-3-17(18)28/h2-8,22,25H,9-13H2,1H3,(H2-,29,33,35,36,38,39)/t22-,25-/m1/s1. The van der Waals surface area contributed by atoms with E-state index < -0.39 is 41.7 Å². The summed E-state index contributed by atoms with van der Waals surface area (Å²) >= 11 is 16.1. The van der Waals surface area contributed by atoms with Crippen LogP contribution >= 0.6 is 58.5 Å². The van der Waals surface area contributed by atoms with Gasteiger partial charge < -0.3 is 25.2 Å². The monoisotopic (exact) mass is 670 g/mol. The third kappa shape index (κ3) is 7.72. The minimum atomic E-state index is -1.35. The highest BCUT2D eigenvalue weighted by molar-refractivity contribution is 8.01. The smallest absolute Gasteiger partial charge is 0.352 e. The number of likely N-dealkylation sites (N-methyl/N-ethyl adjacent to an activating group) is 1. The number of rotatable bonds is 12. The summed E-state index contributed by atoms with van der Waals surface area (Å²) in [5.74, 6) is -3.14. The second kappa shape index (κ2) is 14.0. The molecule has 1 aromatic heterocycles. The zero-order valence-corrected chi connectivity index (χ0v) is 25.9. The maximum absolute atomic E-state index is 13.0. The number of benzene rings is 1. The molecule has 0 saturated carbocycles. The lowest BCUT2D eigenvalue weighted by Gasteiger charge is -2.49. The van der Waals surface area contributed by atoms with Crippen molar-refractivity contribution in [2.45, 2.75) is 27.8 Å². The van der Waals surface area contributed by atoms with Gasteiger partial charge in [0.15, 0.2) is 12.4 Å². The van der Waals surface area contributed by atoms with Gasteiger partial charge >= 0.3 is 5.97 Å². The number of nitrogens with zero attached hydrogens (tertiary/aromatic N) is 3. The average molecular weight is 672 g/mol. The number of hydrogen-bond acceptors (Lipinski definition) is 9. The van der Waals surface area contributed by atoms with Gasteiger partial charge in [0.05, 0.1) is 23.3 Å². The molecule has 222 valence electrons. The first-order valence-electron chi connectivity index (χ1n) is 12.3. The minimum Gasteiger partial charge on any atom is -0.548 e. The molecule has 3 amide bonds. The van der Waals surface area contributed by atoms with E-state index in [0.717, 1.165) is 9.80 Å². The number of pyridine rings is 1. The molecule has 1 fully saturated rings. The van der Waals surface area contributed by atoms with Gasteiger partial charge in [-0.05, 0) is 23.8 Å². The van der Waals surface area contributed by atoms with E-state index in [-0.39, 0.29) is 23.9 Å². The Balaban J connectivity index is 1.33.